The lowest BCUT2D eigenvalue weighted by molar-refractivity contribution is -0.119. The van der Waals surface area contributed by atoms with Crippen LogP contribution in [-0.4, -0.2) is 73.6 Å². The third-order valence-electron chi connectivity index (χ3n) is 4.74. The average molecular weight is 418 g/mol. The number of methoxy groups -OCH3 is 2. The quantitative estimate of drug-likeness (QED) is 0.293. The summed E-state index contributed by atoms with van der Waals surface area (Å²) in [5.41, 5.74) is 1.58. The molecule has 0 fully saturated rings. The summed E-state index contributed by atoms with van der Waals surface area (Å²) < 4.78 is 12.6. The normalized spacial score (nSPS) is 15.4. The van der Waals surface area contributed by atoms with Gasteiger partial charge in [-0.1, -0.05) is 12.7 Å². The fourth-order valence-corrected chi connectivity index (χ4v) is 3.12. The van der Waals surface area contributed by atoms with Crippen molar-refractivity contribution in [1.82, 2.24) is 25.1 Å². The summed E-state index contributed by atoms with van der Waals surface area (Å²) in [7, 11) is 6.53. The van der Waals surface area contributed by atoms with Gasteiger partial charge in [-0.3, -0.25) is 9.59 Å². The first-order valence-corrected chi connectivity index (χ1v) is 9.63. The molecule has 0 bridgehead atoms. The predicted molar refractivity (Wildman–Crippen MR) is 114 cm³/mol. The topological polar surface area (TPSA) is 110 Å². The second-order valence-electron chi connectivity index (χ2n) is 6.79. The number of nitrogens with zero attached hydrogens (tertiary/aromatic N) is 4. The van der Waals surface area contributed by atoms with Crippen LogP contribution in [0.4, 0.5) is 0 Å². The van der Waals surface area contributed by atoms with Gasteiger partial charge in [0.05, 0.1) is 32.0 Å². The molecule has 2 rings (SSSR count). The van der Waals surface area contributed by atoms with Crippen LogP contribution in [0.3, 0.4) is 0 Å². The molecule has 0 saturated carbocycles. The molecule has 1 aliphatic rings. The highest BCUT2D eigenvalue weighted by Crippen LogP contribution is 2.27. The molecule has 0 spiro atoms. The van der Waals surface area contributed by atoms with Crippen molar-refractivity contribution in [2.24, 2.45) is 4.99 Å². The van der Waals surface area contributed by atoms with Gasteiger partial charge in [-0.15, -0.1) is 0 Å². The van der Waals surface area contributed by atoms with E-state index in [4.69, 9.17) is 9.47 Å². The summed E-state index contributed by atoms with van der Waals surface area (Å²) in [5.74, 6) is 0.528. The molecule has 2 heterocycles. The minimum absolute atomic E-state index is 0.127. The Morgan fingerprint density at radius 2 is 2.03 bits per heavy atom. The van der Waals surface area contributed by atoms with E-state index in [9.17, 15) is 9.59 Å². The van der Waals surface area contributed by atoms with Gasteiger partial charge in [0, 0.05) is 27.1 Å². The molecule has 0 unspecified atom stereocenters. The van der Waals surface area contributed by atoms with E-state index in [2.05, 4.69) is 32.1 Å². The molecule has 0 aromatic carbocycles. The zero-order valence-corrected chi connectivity index (χ0v) is 18.2. The molecule has 0 radical (unpaired) electrons. The zero-order chi connectivity index (χ0) is 22.3. The van der Waals surface area contributed by atoms with Crippen LogP contribution in [0.5, 0.6) is 0 Å². The molecule has 164 valence electrons. The molecule has 30 heavy (non-hydrogen) atoms. The molecule has 1 aromatic heterocycles. The maximum atomic E-state index is 12.8. The molecule has 2 N–H and O–H groups in total. The lowest BCUT2D eigenvalue weighted by Gasteiger charge is -2.13. The number of imidazole rings is 1. The van der Waals surface area contributed by atoms with Gasteiger partial charge in [-0.05, 0) is 20.0 Å². The Hall–Kier alpha value is -3.14. The van der Waals surface area contributed by atoms with Gasteiger partial charge >= 0.3 is 0 Å². The molecular formula is C20H30N6O4. The number of aliphatic imine (C=N–C) groups is 1. The van der Waals surface area contributed by atoms with Crippen molar-refractivity contribution in [2.75, 3.05) is 41.4 Å². The number of allylic oxidation sites excluding steroid dienone is 2. The highest BCUT2D eigenvalue weighted by Gasteiger charge is 2.27. The van der Waals surface area contributed by atoms with Gasteiger partial charge in [0.2, 0.25) is 11.8 Å². The smallest absolute Gasteiger partial charge is 0.272 e. The standard InChI is InChI=1S/C20H30N6O4/c1-7-14(20(30-6)23-13(2)29-5)18-24-17(19(28)22-11-16(27)21-3)15-12-25(4)9-8-10-26(15)18/h7H,1,8-12H2,2-6H3,(H,21,27)(H,22,28)/b20-14-,23-13+. The first-order chi connectivity index (χ1) is 14.4. The minimum atomic E-state index is -0.414. The third-order valence-corrected chi connectivity index (χ3v) is 4.74. The molecule has 0 atom stereocenters. The van der Waals surface area contributed by atoms with Crippen LogP contribution in [0, 0.1) is 0 Å². The first kappa shape index (κ1) is 23.1. The second-order valence-corrected chi connectivity index (χ2v) is 6.79. The number of hydrogen-bond donors (Lipinski definition) is 2. The van der Waals surface area contributed by atoms with Crippen molar-refractivity contribution in [3.05, 3.63) is 35.8 Å². The van der Waals surface area contributed by atoms with Gasteiger partial charge in [0.25, 0.3) is 5.91 Å². The Morgan fingerprint density at radius 1 is 1.30 bits per heavy atom. The van der Waals surface area contributed by atoms with Crippen LogP contribution in [0.15, 0.2) is 23.5 Å². The van der Waals surface area contributed by atoms with E-state index in [1.165, 1.54) is 21.3 Å². The maximum Gasteiger partial charge on any atom is 0.272 e. The number of likely N-dealkylation sites (N-methyl/N-ethyl adjacent to an activating group) is 1. The summed E-state index contributed by atoms with van der Waals surface area (Å²) in [4.78, 5) is 35.5. The molecular weight excluding hydrogens is 388 g/mol. The monoisotopic (exact) mass is 418 g/mol. The molecule has 1 aliphatic heterocycles. The van der Waals surface area contributed by atoms with E-state index in [0.717, 1.165) is 18.7 Å². The van der Waals surface area contributed by atoms with E-state index in [1.54, 1.807) is 13.0 Å². The Kier molecular flexibility index (Phi) is 8.16. The lowest BCUT2D eigenvalue weighted by atomic mass is 10.2. The van der Waals surface area contributed by atoms with Crippen molar-refractivity contribution < 1.29 is 19.1 Å². The number of ether oxygens (including phenoxy) is 2. The summed E-state index contributed by atoms with van der Waals surface area (Å²) >= 11 is 0. The summed E-state index contributed by atoms with van der Waals surface area (Å²) in [6.45, 7) is 7.56. The number of aromatic nitrogens is 2. The molecule has 0 aliphatic carbocycles. The molecule has 0 saturated heterocycles. The summed E-state index contributed by atoms with van der Waals surface area (Å²) in [6.07, 6.45) is 2.49. The van der Waals surface area contributed by atoms with E-state index < -0.39 is 5.91 Å². The Balaban J connectivity index is 2.61. The van der Waals surface area contributed by atoms with E-state index >= 15 is 0 Å². The Bertz CT molecular complexity index is 871. The highest BCUT2D eigenvalue weighted by molar-refractivity contribution is 5.96. The molecule has 10 heteroatoms. The average Bonchev–Trinajstić information content (AvgIpc) is 2.96. The Morgan fingerprint density at radius 3 is 2.63 bits per heavy atom. The van der Waals surface area contributed by atoms with Crippen molar-refractivity contribution in [3.63, 3.8) is 0 Å². The van der Waals surface area contributed by atoms with Crippen LogP contribution in [0.2, 0.25) is 0 Å². The lowest BCUT2D eigenvalue weighted by Crippen LogP contribution is -2.36. The summed E-state index contributed by atoms with van der Waals surface area (Å²) in [5, 5.41) is 5.10. The number of hydrogen-bond acceptors (Lipinski definition) is 7. The largest absolute Gasteiger partial charge is 0.484 e. The number of carbonyl (C=O) groups excluding carboxylic acids is 2. The van der Waals surface area contributed by atoms with E-state index in [0.29, 0.717) is 30.4 Å². The first-order valence-electron chi connectivity index (χ1n) is 9.63. The van der Waals surface area contributed by atoms with Crippen molar-refractivity contribution in [1.29, 1.82) is 0 Å². The summed E-state index contributed by atoms with van der Waals surface area (Å²) in [6, 6.07) is 0. The maximum absolute atomic E-state index is 12.8. The van der Waals surface area contributed by atoms with Gasteiger partial charge < -0.3 is 29.6 Å². The zero-order valence-electron chi connectivity index (χ0n) is 18.2. The minimum Gasteiger partial charge on any atom is -0.484 e. The fraction of sp³-hybridized carbons (Fsp3) is 0.500. The number of amides is 2. The molecule has 1 aromatic rings. The van der Waals surface area contributed by atoms with Crippen LogP contribution in [0.25, 0.3) is 5.57 Å². The number of rotatable bonds is 7. The SMILES string of the molecule is C=C/C(=C(\N=C(/C)OC)OC)c1nc(C(=O)NCC(=O)NC)c2n1CCCN(C)C2. The number of nitrogens with one attached hydrogen (secondary N) is 2. The van der Waals surface area contributed by atoms with Gasteiger partial charge in [0.15, 0.2) is 11.6 Å². The van der Waals surface area contributed by atoms with E-state index in [-0.39, 0.29) is 24.0 Å². The van der Waals surface area contributed by atoms with Crippen molar-refractivity contribution >= 4 is 23.3 Å². The van der Waals surface area contributed by atoms with Gasteiger partial charge in [-0.2, -0.15) is 4.99 Å². The Labute approximate surface area is 176 Å². The molecule has 10 nitrogen and oxygen atoms in total. The number of fused-ring (bicyclic) bond motifs is 1. The van der Waals surface area contributed by atoms with Gasteiger partial charge in [0.1, 0.15) is 5.82 Å². The van der Waals surface area contributed by atoms with Crippen LogP contribution >= 0.6 is 0 Å². The number of carbonyl (C=O) groups is 2. The highest BCUT2D eigenvalue weighted by atomic mass is 16.5. The van der Waals surface area contributed by atoms with Crippen molar-refractivity contribution in [2.45, 2.75) is 26.4 Å². The van der Waals surface area contributed by atoms with Crippen LogP contribution in [-0.2, 0) is 27.4 Å². The van der Waals surface area contributed by atoms with Crippen LogP contribution in [0.1, 0.15) is 35.4 Å². The third kappa shape index (κ3) is 5.26. The fourth-order valence-electron chi connectivity index (χ4n) is 3.12. The van der Waals surface area contributed by atoms with Crippen molar-refractivity contribution in [3.8, 4) is 0 Å². The predicted octanol–water partition coefficient (Wildman–Crippen LogP) is 0.760. The molecule has 2 amide bonds. The second kappa shape index (κ2) is 10.6. The van der Waals surface area contributed by atoms with Crippen LogP contribution < -0.4 is 10.6 Å². The van der Waals surface area contributed by atoms with E-state index in [1.807, 2.05) is 11.6 Å². The van der Waals surface area contributed by atoms with Gasteiger partial charge in [-0.25, -0.2) is 4.98 Å².